The number of aliphatic carboxylic acids is 1. The van der Waals surface area contributed by atoms with Gasteiger partial charge in [-0.1, -0.05) is 13.8 Å². The molecule has 1 rings (SSSR count). The van der Waals surface area contributed by atoms with Crippen LogP contribution in [0.3, 0.4) is 0 Å². The van der Waals surface area contributed by atoms with Crippen molar-refractivity contribution in [2.45, 2.75) is 63.7 Å². The lowest BCUT2D eigenvalue weighted by Gasteiger charge is -2.28. The summed E-state index contributed by atoms with van der Waals surface area (Å²) in [6, 6.07) is -3.93. The quantitative estimate of drug-likeness (QED) is 0.259. The van der Waals surface area contributed by atoms with Crippen molar-refractivity contribution in [1.29, 1.82) is 0 Å². The molecule has 0 radical (unpaired) electrons. The molecule has 0 aromatic rings. The van der Waals surface area contributed by atoms with Crippen molar-refractivity contribution in [2.24, 2.45) is 11.7 Å². The highest BCUT2D eigenvalue weighted by atomic mass is 32.2. The second kappa shape index (κ2) is 12.8. The van der Waals surface area contributed by atoms with Crippen molar-refractivity contribution in [3.63, 3.8) is 0 Å². The van der Waals surface area contributed by atoms with Gasteiger partial charge in [-0.2, -0.15) is 11.8 Å². The Balaban J connectivity index is 2.83. The molecule has 1 aliphatic heterocycles. The Hall–Kier alpha value is -1.85. The molecular formula is C19H34N4O6S. The standard InChI is InChI=1S/C19H34N4O6S/c1-11(2)9-13(21-16(25)12(20)6-8-30-3)17(26)22-14(10-24)18(27)23-7-4-5-15(23)19(28)29/h11-15,24H,4-10,20H2,1-3H3,(H,21,25)(H,22,26)(H,28,29)/t12-,13-,14-,15-/m0/s1. The normalized spacial score (nSPS) is 19.3. The number of carbonyl (C=O) groups is 4. The minimum atomic E-state index is -1.28. The summed E-state index contributed by atoms with van der Waals surface area (Å²) >= 11 is 1.56. The summed E-state index contributed by atoms with van der Waals surface area (Å²) in [6.45, 7) is 3.34. The van der Waals surface area contributed by atoms with Crippen LogP contribution < -0.4 is 16.4 Å². The van der Waals surface area contributed by atoms with Crippen LogP contribution in [0.4, 0.5) is 0 Å². The molecule has 0 bridgehead atoms. The van der Waals surface area contributed by atoms with E-state index in [1.165, 1.54) is 0 Å². The van der Waals surface area contributed by atoms with Crippen LogP contribution in [0.25, 0.3) is 0 Å². The molecule has 0 spiro atoms. The number of hydrogen-bond acceptors (Lipinski definition) is 7. The van der Waals surface area contributed by atoms with Gasteiger partial charge in [0.1, 0.15) is 18.1 Å². The van der Waals surface area contributed by atoms with E-state index in [-0.39, 0.29) is 12.5 Å². The van der Waals surface area contributed by atoms with Gasteiger partial charge in [-0.25, -0.2) is 4.79 Å². The first kappa shape index (κ1) is 26.2. The van der Waals surface area contributed by atoms with E-state index >= 15 is 0 Å². The van der Waals surface area contributed by atoms with Gasteiger partial charge in [0.15, 0.2) is 0 Å². The van der Waals surface area contributed by atoms with Crippen molar-refractivity contribution in [1.82, 2.24) is 15.5 Å². The Morgan fingerprint density at radius 3 is 2.33 bits per heavy atom. The monoisotopic (exact) mass is 446 g/mol. The van der Waals surface area contributed by atoms with Gasteiger partial charge in [0.25, 0.3) is 0 Å². The van der Waals surface area contributed by atoms with Crippen molar-refractivity contribution < 1.29 is 29.4 Å². The summed E-state index contributed by atoms with van der Waals surface area (Å²) in [4.78, 5) is 50.3. The Labute approximate surface area is 181 Å². The molecule has 1 saturated heterocycles. The van der Waals surface area contributed by atoms with Crippen LogP contribution >= 0.6 is 11.8 Å². The lowest BCUT2D eigenvalue weighted by atomic mass is 10.0. The van der Waals surface area contributed by atoms with Gasteiger partial charge in [-0.3, -0.25) is 14.4 Å². The average molecular weight is 447 g/mol. The number of aliphatic hydroxyl groups excluding tert-OH is 1. The van der Waals surface area contributed by atoms with E-state index in [2.05, 4.69) is 10.6 Å². The maximum absolute atomic E-state index is 12.8. The van der Waals surface area contributed by atoms with Gasteiger partial charge in [0, 0.05) is 6.54 Å². The minimum Gasteiger partial charge on any atom is -0.480 e. The van der Waals surface area contributed by atoms with Crippen LogP contribution in [-0.2, 0) is 19.2 Å². The first-order valence-corrected chi connectivity index (χ1v) is 11.5. The number of aliphatic hydroxyl groups is 1. The predicted molar refractivity (Wildman–Crippen MR) is 114 cm³/mol. The Morgan fingerprint density at radius 2 is 1.80 bits per heavy atom. The fraction of sp³-hybridized carbons (Fsp3) is 0.789. The van der Waals surface area contributed by atoms with E-state index in [9.17, 15) is 29.4 Å². The fourth-order valence-electron chi connectivity index (χ4n) is 3.30. The number of carboxylic acids is 1. The van der Waals surface area contributed by atoms with Gasteiger partial charge in [0.2, 0.25) is 17.7 Å². The molecule has 0 unspecified atom stereocenters. The molecule has 0 aromatic heterocycles. The number of nitrogens with zero attached hydrogens (tertiary/aromatic N) is 1. The highest BCUT2D eigenvalue weighted by Crippen LogP contribution is 2.18. The minimum absolute atomic E-state index is 0.0710. The average Bonchev–Trinajstić information content (AvgIpc) is 3.18. The molecule has 3 amide bonds. The molecule has 0 saturated carbocycles. The molecule has 10 nitrogen and oxygen atoms in total. The summed E-state index contributed by atoms with van der Waals surface area (Å²) in [6.07, 6.45) is 3.55. The lowest BCUT2D eigenvalue weighted by Crippen LogP contribution is -2.58. The Kier molecular flexibility index (Phi) is 11.1. The van der Waals surface area contributed by atoms with Crippen molar-refractivity contribution in [3.05, 3.63) is 0 Å². The molecule has 6 N–H and O–H groups in total. The van der Waals surface area contributed by atoms with E-state index in [0.29, 0.717) is 31.4 Å². The maximum atomic E-state index is 12.8. The second-order valence-corrected chi connectivity index (χ2v) is 8.84. The van der Waals surface area contributed by atoms with E-state index in [1.807, 2.05) is 20.1 Å². The summed E-state index contributed by atoms with van der Waals surface area (Å²) in [5.74, 6) is -2.07. The van der Waals surface area contributed by atoms with Crippen molar-refractivity contribution in [2.75, 3.05) is 25.2 Å². The zero-order chi connectivity index (χ0) is 22.8. The maximum Gasteiger partial charge on any atom is 0.326 e. The SMILES string of the molecule is CSCC[C@H](N)C(=O)N[C@@H](CC(C)C)C(=O)N[C@@H](CO)C(=O)N1CCC[C@H]1C(=O)O. The third-order valence-corrected chi connectivity index (χ3v) is 5.57. The van der Waals surface area contributed by atoms with Crippen LogP contribution in [0.15, 0.2) is 0 Å². The van der Waals surface area contributed by atoms with E-state index in [4.69, 9.17) is 5.73 Å². The van der Waals surface area contributed by atoms with E-state index < -0.39 is 54.5 Å². The van der Waals surface area contributed by atoms with Gasteiger partial charge in [0.05, 0.1) is 12.6 Å². The molecule has 172 valence electrons. The number of carboxylic acid groups (broad SMARTS) is 1. The third-order valence-electron chi connectivity index (χ3n) is 4.93. The second-order valence-electron chi connectivity index (χ2n) is 7.85. The molecule has 0 aliphatic carbocycles. The van der Waals surface area contributed by atoms with E-state index in [1.54, 1.807) is 11.8 Å². The van der Waals surface area contributed by atoms with Gasteiger partial charge >= 0.3 is 5.97 Å². The first-order valence-electron chi connectivity index (χ1n) is 10.1. The molecule has 1 fully saturated rings. The summed E-state index contributed by atoms with van der Waals surface area (Å²) in [5, 5.41) is 24.0. The number of hydrogen-bond donors (Lipinski definition) is 5. The van der Waals surface area contributed by atoms with Gasteiger partial charge in [-0.05, 0) is 43.6 Å². The molecule has 4 atom stereocenters. The first-order chi connectivity index (χ1) is 14.1. The van der Waals surface area contributed by atoms with Crippen molar-refractivity contribution in [3.8, 4) is 0 Å². The predicted octanol–water partition coefficient (Wildman–Crippen LogP) is -0.850. The topological polar surface area (TPSA) is 162 Å². The molecular weight excluding hydrogens is 412 g/mol. The van der Waals surface area contributed by atoms with Crippen LogP contribution in [0.5, 0.6) is 0 Å². The number of likely N-dealkylation sites (tertiary alicyclic amines) is 1. The highest BCUT2D eigenvalue weighted by molar-refractivity contribution is 7.98. The smallest absolute Gasteiger partial charge is 0.326 e. The summed E-state index contributed by atoms with van der Waals surface area (Å²) < 4.78 is 0. The highest BCUT2D eigenvalue weighted by Gasteiger charge is 2.38. The van der Waals surface area contributed by atoms with Crippen LogP contribution in [0, 0.1) is 5.92 Å². The Morgan fingerprint density at radius 1 is 1.17 bits per heavy atom. The number of nitrogens with two attached hydrogens (primary N) is 1. The summed E-state index contributed by atoms with van der Waals surface area (Å²) in [7, 11) is 0. The van der Waals surface area contributed by atoms with Crippen LogP contribution in [0.2, 0.25) is 0 Å². The largest absolute Gasteiger partial charge is 0.480 e. The number of carbonyl (C=O) groups excluding carboxylic acids is 3. The van der Waals surface area contributed by atoms with Gasteiger partial charge < -0.3 is 31.5 Å². The molecule has 30 heavy (non-hydrogen) atoms. The third kappa shape index (κ3) is 7.77. The van der Waals surface area contributed by atoms with Crippen LogP contribution in [-0.4, -0.2) is 88.1 Å². The fourth-order valence-corrected chi connectivity index (χ4v) is 3.79. The Bertz CT molecular complexity index is 618. The molecule has 0 aromatic carbocycles. The zero-order valence-electron chi connectivity index (χ0n) is 17.8. The molecule has 1 aliphatic rings. The number of rotatable bonds is 12. The summed E-state index contributed by atoms with van der Waals surface area (Å²) in [5.41, 5.74) is 5.87. The van der Waals surface area contributed by atoms with Crippen LogP contribution in [0.1, 0.15) is 39.5 Å². The zero-order valence-corrected chi connectivity index (χ0v) is 18.6. The number of thioether (sulfide) groups is 1. The number of nitrogens with one attached hydrogen (secondary N) is 2. The van der Waals surface area contributed by atoms with Crippen molar-refractivity contribution >= 4 is 35.5 Å². The lowest BCUT2D eigenvalue weighted by molar-refractivity contribution is -0.150. The van der Waals surface area contributed by atoms with E-state index in [0.717, 1.165) is 4.90 Å². The molecule has 1 heterocycles. The molecule has 11 heteroatoms. The number of amides is 3. The van der Waals surface area contributed by atoms with Gasteiger partial charge in [-0.15, -0.1) is 0 Å².